The predicted molar refractivity (Wildman–Crippen MR) is 304 cm³/mol. The molecule has 0 heterocycles. The highest BCUT2D eigenvalue weighted by Gasteiger charge is 2.59. The Morgan fingerprint density at radius 2 is 1.06 bits per heavy atom. The van der Waals surface area contributed by atoms with Crippen LogP contribution >= 0.6 is 0 Å². The number of hydrogen-bond acceptors (Lipinski definition) is 2. The van der Waals surface area contributed by atoms with E-state index in [-0.39, 0.29) is 12.1 Å². The van der Waals surface area contributed by atoms with Crippen molar-refractivity contribution < 1.29 is 9.53 Å². The molecule has 3 saturated carbocycles. The van der Waals surface area contributed by atoms with E-state index in [4.69, 9.17) is 4.74 Å². The Bertz CT molecular complexity index is 1370. The first-order valence-electron chi connectivity index (χ1n) is 31.9. The van der Waals surface area contributed by atoms with Gasteiger partial charge in [-0.3, -0.25) is 4.79 Å². The van der Waals surface area contributed by atoms with Crippen LogP contribution in [0, 0.1) is 46.3 Å². The highest BCUT2D eigenvalue weighted by atomic mass is 16.5. The summed E-state index contributed by atoms with van der Waals surface area (Å²) in [6.45, 7) is 15.0. The second-order valence-corrected chi connectivity index (χ2v) is 25.4. The largest absolute Gasteiger partial charge is 0.462 e. The number of rotatable bonds is 42. The van der Waals surface area contributed by atoms with E-state index in [2.05, 4.69) is 71.9 Å². The van der Waals surface area contributed by atoms with Gasteiger partial charge in [-0.25, -0.2) is 0 Å². The third kappa shape index (κ3) is 23.2. The topological polar surface area (TPSA) is 26.3 Å². The lowest BCUT2D eigenvalue weighted by molar-refractivity contribution is -0.151. The third-order valence-corrected chi connectivity index (χ3v) is 19.4. The van der Waals surface area contributed by atoms with E-state index in [1.54, 1.807) is 5.57 Å². The molecule has 3 fully saturated rings. The van der Waals surface area contributed by atoms with Crippen LogP contribution in [0.1, 0.15) is 330 Å². The van der Waals surface area contributed by atoms with Crippen molar-refractivity contribution in [2.75, 3.05) is 0 Å². The number of allylic oxidation sites excluding steroid dienone is 5. The van der Waals surface area contributed by atoms with Crippen molar-refractivity contribution in [1.82, 2.24) is 0 Å². The van der Waals surface area contributed by atoms with Gasteiger partial charge in [-0.05, 0) is 130 Å². The SMILES string of the molecule is CCCCCCC/C=C\C/C=C\CCCCCCCCCCCCCCCCCCCCCCCCCCCC(=O)OC1CCC2(C)C(=CCC3C2CCC2(C)C(C(C)CCCC(C)C)CCC32)C1. The first-order chi connectivity index (χ1) is 33.7. The average Bonchev–Trinajstić information content (AvgIpc) is 3.70. The maximum atomic E-state index is 13.0. The zero-order chi connectivity index (χ0) is 49.3. The lowest BCUT2D eigenvalue weighted by Crippen LogP contribution is -2.51. The molecule has 400 valence electrons. The summed E-state index contributed by atoms with van der Waals surface area (Å²) in [4.78, 5) is 13.0. The van der Waals surface area contributed by atoms with Gasteiger partial charge in [0.05, 0.1) is 0 Å². The van der Waals surface area contributed by atoms with Gasteiger partial charge in [0, 0.05) is 12.8 Å². The van der Waals surface area contributed by atoms with Gasteiger partial charge in [0.1, 0.15) is 6.10 Å². The molecule has 0 radical (unpaired) electrons. The van der Waals surface area contributed by atoms with E-state index >= 15 is 0 Å². The maximum absolute atomic E-state index is 13.0. The maximum Gasteiger partial charge on any atom is 0.306 e. The number of hydrogen-bond donors (Lipinski definition) is 0. The minimum Gasteiger partial charge on any atom is -0.462 e. The van der Waals surface area contributed by atoms with Crippen LogP contribution in [0.15, 0.2) is 36.0 Å². The van der Waals surface area contributed by atoms with E-state index < -0.39 is 0 Å². The molecule has 69 heavy (non-hydrogen) atoms. The van der Waals surface area contributed by atoms with E-state index in [1.807, 2.05) is 0 Å². The molecule has 0 amide bonds. The number of carbonyl (C=O) groups is 1. The molecular weight excluding hydrogens is 837 g/mol. The van der Waals surface area contributed by atoms with Gasteiger partial charge >= 0.3 is 5.97 Å². The molecule has 4 rings (SSSR count). The molecule has 2 heteroatoms. The van der Waals surface area contributed by atoms with E-state index in [0.717, 1.165) is 61.2 Å². The van der Waals surface area contributed by atoms with Crippen molar-refractivity contribution in [2.45, 2.75) is 337 Å². The first kappa shape index (κ1) is 60.2. The molecule has 0 aromatic carbocycles. The summed E-state index contributed by atoms with van der Waals surface area (Å²) in [6.07, 6.45) is 73.2. The molecule has 2 nitrogen and oxygen atoms in total. The van der Waals surface area contributed by atoms with Gasteiger partial charge < -0.3 is 4.74 Å². The molecule has 0 aromatic heterocycles. The van der Waals surface area contributed by atoms with Crippen LogP contribution in [0.4, 0.5) is 0 Å². The second kappa shape index (κ2) is 36.6. The Morgan fingerprint density at radius 1 is 0.565 bits per heavy atom. The fourth-order valence-electron chi connectivity index (χ4n) is 15.0. The molecule has 0 bridgehead atoms. The van der Waals surface area contributed by atoms with Crippen LogP contribution in [0.5, 0.6) is 0 Å². The van der Waals surface area contributed by atoms with Crippen LogP contribution in [0.25, 0.3) is 0 Å². The Morgan fingerprint density at radius 3 is 1.57 bits per heavy atom. The molecule has 0 aliphatic heterocycles. The number of carbonyl (C=O) groups excluding carboxylic acids is 1. The van der Waals surface area contributed by atoms with Gasteiger partial charge in [0.25, 0.3) is 0 Å². The van der Waals surface area contributed by atoms with Crippen LogP contribution in [-0.4, -0.2) is 12.1 Å². The monoisotopic (exact) mass is 957 g/mol. The van der Waals surface area contributed by atoms with Crippen LogP contribution in [0.3, 0.4) is 0 Å². The zero-order valence-electron chi connectivity index (χ0n) is 47.6. The van der Waals surface area contributed by atoms with Gasteiger partial charge in [0.15, 0.2) is 0 Å². The standard InChI is InChI=1S/C67H120O2/c1-7-8-9-10-11-12-13-14-15-16-17-18-19-20-21-22-23-24-25-26-27-28-29-30-31-32-33-34-35-36-37-38-39-40-41-42-43-47-65(68)69-60-52-54-66(5)59(56-60)48-49-61-63-51-50-62(58(4)46-44-45-57(2)3)67(63,6)55-53-64(61)66/h13-14,16-17,48,57-58,60-64H,7-12,15,18-47,49-56H2,1-6H3/b14-13-,17-16-. The number of unbranched alkanes of at least 4 members (excludes halogenated alkanes) is 30. The number of ether oxygens (including phenoxy) is 1. The zero-order valence-corrected chi connectivity index (χ0v) is 47.6. The van der Waals surface area contributed by atoms with Crippen molar-refractivity contribution in [3.8, 4) is 0 Å². The minimum atomic E-state index is 0.0693. The molecule has 0 saturated heterocycles. The summed E-state index contributed by atoms with van der Waals surface area (Å²) in [5, 5.41) is 0. The summed E-state index contributed by atoms with van der Waals surface area (Å²) in [5.41, 5.74) is 2.53. The predicted octanol–water partition coefficient (Wildman–Crippen LogP) is 22.3. The highest BCUT2D eigenvalue weighted by Crippen LogP contribution is 2.67. The fourth-order valence-corrected chi connectivity index (χ4v) is 15.0. The lowest BCUT2D eigenvalue weighted by atomic mass is 9.47. The molecule has 8 unspecified atom stereocenters. The van der Waals surface area contributed by atoms with Crippen LogP contribution in [0.2, 0.25) is 0 Å². The Labute approximate surface area is 432 Å². The quantitative estimate of drug-likeness (QED) is 0.0346. The fraction of sp³-hybridized carbons (Fsp3) is 0.896. The Balaban J connectivity index is 0.860. The van der Waals surface area contributed by atoms with E-state index in [9.17, 15) is 4.79 Å². The summed E-state index contributed by atoms with van der Waals surface area (Å²) in [7, 11) is 0. The van der Waals surface area contributed by atoms with Crippen molar-refractivity contribution >= 4 is 5.97 Å². The molecule has 8 atom stereocenters. The first-order valence-corrected chi connectivity index (χ1v) is 31.9. The number of esters is 1. The van der Waals surface area contributed by atoms with E-state index in [0.29, 0.717) is 17.3 Å². The van der Waals surface area contributed by atoms with Crippen LogP contribution in [-0.2, 0) is 9.53 Å². The molecule has 0 aromatic rings. The van der Waals surface area contributed by atoms with Crippen molar-refractivity contribution in [1.29, 1.82) is 0 Å². The molecule has 4 aliphatic carbocycles. The van der Waals surface area contributed by atoms with Crippen molar-refractivity contribution in [3.63, 3.8) is 0 Å². The van der Waals surface area contributed by atoms with Gasteiger partial charge in [0.2, 0.25) is 0 Å². The average molecular weight is 958 g/mol. The van der Waals surface area contributed by atoms with Crippen molar-refractivity contribution in [2.24, 2.45) is 46.3 Å². The minimum absolute atomic E-state index is 0.0693. The Kier molecular flexibility index (Phi) is 31.9. The number of fused-ring (bicyclic) bond motifs is 5. The molecule has 4 aliphatic rings. The summed E-state index contributed by atoms with van der Waals surface area (Å²) in [6, 6.07) is 0. The van der Waals surface area contributed by atoms with Gasteiger partial charge in [-0.1, -0.05) is 270 Å². The van der Waals surface area contributed by atoms with Gasteiger partial charge in [-0.15, -0.1) is 0 Å². The third-order valence-electron chi connectivity index (χ3n) is 19.4. The summed E-state index contributed by atoms with van der Waals surface area (Å²) in [5.74, 6) is 5.33. The van der Waals surface area contributed by atoms with Crippen molar-refractivity contribution in [3.05, 3.63) is 36.0 Å². The van der Waals surface area contributed by atoms with Crippen LogP contribution < -0.4 is 0 Å². The summed E-state index contributed by atoms with van der Waals surface area (Å²) < 4.78 is 6.19. The summed E-state index contributed by atoms with van der Waals surface area (Å²) >= 11 is 0. The molecular formula is C67H120O2. The second-order valence-electron chi connectivity index (χ2n) is 25.4. The normalized spacial score (nSPS) is 26.1. The van der Waals surface area contributed by atoms with E-state index in [1.165, 1.54) is 257 Å². The van der Waals surface area contributed by atoms with Gasteiger partial charge in [-0.2, -0.15) is 0 Å². The molecule has 0 N–H and O–H groups in total. The Hall–Kier alpha value is -1.31. The lowest BCUT2D eigenvalue weighted by Gasteiger charge is -2.58. The highest BCUT2D eigenvalue weighted by molar-refractivity contribution is 5.69. The smallest absolute Gasteiger partial charge is 0.306 e. The molecule has 0 spiro atoms.